The van der Waals surface area contributed by atoms with Gasteiger partial charge in [0.15, 0.2) is 0 Å². The van der Waals surface area contributed by atoms with Gasteiger partial charge < -0.3 is 14.7 Å². The summed E-state index contributed by atoms with van der Waals surface area (Å²) < 4.78 is 19.0. The number of methoxy groups -OCH3 is 1. The highest BCUT2D eigenvalue weighted by Gasteiger charge is 2.35. The van der Waals surface area contributed by atoms with Gasteiger partial charge in [-0.1, -0.05) is 0 Å². The summed E-state index contributed by atoms with van der Waals surface area (Å²) in [5.74, 6) is -0.765. The van der Waals surface area contributed by atoms with Crippen molar-refractivity contribution in [2.75, 3.05) is 20.3 Å². The van der Waals surface area contributed by atoms with Crippen molar-refractivity contribution in [2.45, 2.75) is 18.6 Å². The number of aliphatic hydroxyl groups excluding tert-OH is 1. The number of ether oxygens (including phenoxy) is 1. The molecule has 1 fully saturated rings. The van der Waals surface area contributed by atoms with Crippen molar-refractivity contribution in [3.05, 3.63) is 34.1 Å². The number of rotatable bonds is 3. The van der Waals surface area contributed by atoms with E-state index < -0.39 is 5.82 Å². The molecule has 19 heavy (non-hydrogen) atoms. The van der Waals surface area contributed by atoms with Gasteiger partial charge in [-0.05, 0) is 40.5 Å². The monoisotopic (exact) mass is 331 g/mol. The third kappa shape index (κ3) is 2.96. The third-order valence-electron chi connectivity index (χ3n) is 3.35. The largest absolute Gasteiger partial charge is 0.394 e. The van der Waals surface area contributed by atoms with Gasteiger partial charge in [0.2, 0.25) is 0 Å². The van der Waals surface area contributed by atoms with Crippen LogP contribution < -0.4 is 0 Å². The number of benzene rings is 1. The lowest BCUT2D eigenvalue weighted by Gasteiger charge is -2.22. The summed E-state index contributed by atoms with van der Waals surface area (Å²) in [4.78, 5) is 13.9. The number of carbonyl (C=O) groups is 1. The van der Waals surface area contributed by atoms with Crippen molar-refractivity contribution in [3.8, 4) is 0 Å². The van der Waals surface area contributed by atoms with Crippen LogP contribution in [0.5, 0.6) is 0 Å². The Labute approximate surface area is 119 Å². The number of aliphatic hydroxyl groups is 1. The zero-order valence-corrected chi connectivity index (χ0v) is 12.1. The van der Waals surface area contributed by atoms with Crippen molar-refractivity contribution in [1.82, 2.24) is 4.90 Å². The van der Waals surface area contributed by atoms with Gasteiger partial charge in [0, 0.05) is 19.2 Å². The van der Waals surface area contributed by atoms with Crippen molar-refractivity contribution >= 4 is 21.8 Å². The topological polar surface area (TPSA) is 49.8 Å². The van der Waals surface area contributed by atoms with Crippen molar-refractivity contribution < 1.29 is 19.0 Å². The maximum Gasteiger partial charge on any atom is 0.254 e. The molecule has 1 aromatic rings. The normalized spacial score (nSPS) is 22.8. The quantitative estimate of drug-likeness (QED) is 0.919. The zero-order valence-electron chi connectivity index (χ0n) is 10.5. The van der Waals surface area contributed by atoms with E-state index in [0.29, 0.717) is 17.4 Å². The Balaban J connectivity index is 2.20. The molecule has 1 heterocycles. The highest BCUT2D eigenvalue weighted by atomic mass is 79.9. The molecule has 0 spiro atoms. The third-order valence-corrected chi connectivity index (χ3v) is 3.99. The summed E-state index contributed by atoms with van der Waals surface area (Å²) in [5, 5.41) is 9.31. The molecule has 1 N–H and O–H groups in total. The van der Waals surface area contributed by atoms with E-state index in [0.717, 1.165) is 0 Å². The molecule has 0 radical (unpaired) electrons. The van der Waals surface area contributed by atoms with Gasteiger partial charge in [-0.3, -0.25) is 4.79 Å². The molecule has 0 unspecified atom stereocenters. The van der Waals surface area contributed by atoms with Crippen LogP contribution in [0.15, 0.2) is 22.7 Å². The molecule has 1 saturated heterocycles. The minimum absolute atomic E-state index is 0.0820. The molecule has 0 saturated carbocycles. The first kappa shape index (κ1) is 14.4. The van der Waals surface area contributed by atoms with Gasteiger partial charge in [-0.2, -0.15) is 0 Å². The predicted molar refractivity (Wildman–Crippen MR) is 71.4 cm³/mol. The van der Waals surface area contributed by atoms with E-state index in [1.807, 2.05) is 0 Å². The van der Waals surface area contributed by atoms with Crippen LogP contribution in [0, 0.1) is 5.82 Å². The Hall–Kier alpha value is -0.980. The second-order valence-corrected chi connectivity index (χ2v) is 5.37. The molecular weight excluding hydrogens is 317 g/mol. The minimum Gasteiger partial charge on any atom is -0.394 e. The highest BCUT2D eigenvalue weighted by Crippen LogP contribution is 2.23. The van der Waals surface area contributed by atoms with E-state index in [9.17, 15) is 14.3 Å². The fourth-order valence-corrected chi connectivity index (χ4v) is 2.51. The maximum absolute atomic E-state index is 13.5. The van der Waals surface area contributed by atoms with Crippen LogP contribution in [-0.2, 0) is 4.74 Å². The van der Waals surface area contributed by atoms with E-state index in [4.69, 9.17) is 4.74 Å². The van der Waals surface area contributed by atoms with E-state index in [-0.39, 0.29) is 30.2 Å². The average molecular weight is 332 g/mol. The Morgan fingerprint density at radius 2 is 2.37 bits per heavy atom. The van der Waals surface area contributed by atoms with E-state index in [2.05, 4.69) is 15.9 Å². The number of likely N-dealkylation sites (tertiary alicyclic amines) is 1. The van der Waals surface area contributed by atoms with Crippen molar-refractivity contribution in [2.24, 2.45) is 0 Å². The van der Waals surface area contributed by atoms with Crippen LogP contribution in [0.1, 0.15) is 16.8 Å². The molecular formula is C13H15BrFNO3. The SMILES string of the molecule is CO[C@H]1C[C@@H](CO)N(C(=O)c2ccc(Br)c(F)c2)C1. The summed E-state index contributed by atoms with van der Waals surface area (Å²) in [6, 6.07) is 3.98. The second kappa shape index (κ2) is 5.98. The van der Waals surface area contributed by atoms with Crippen LogP contribution >= 0.6 is 15.9 Å². The fraction of sp³-hybridized carbons (Fsp3) is 0.462. The molecule has 0 aromatic heterocycles. The number of hydrogen-bond acceptors (Lipinski definition) is 3. The Morgan fingerprint density at radius 1 is 1.63 bits per heavy atom. The standard InChI is InChI=1S/C13H15BrFNO3/c1-19-10-5-9(7-17)16(6-10)13(18)8-2-3-11(14)12(15)4-8/h2-4,9-10,17H,5-7H2,1H3/t9-,10-/m0/s1. The van der Waals surface area contributed by atoms with E-state index in [1.54, 1.807) is 13.2 Å². The molecule has 4 nitrogen and oxygen atoms in total. The van der Waals surface area contributed by atoms with Crippen molar-refractivity contribution in [1.29, 1.82) is 0 Å². The zero-order chi connectivity index (χ0) is 14.0. The van der Waals surface area contributed by atoms with E-state index in [1.165, 1.54) is 17.0 Å². The first-order chi connectivity index (χ1) is 9.06. The first-order valence-corrected chi connectivity index (χ1v) is 6.75. The number of hydrogen-bond donors (Lipinski definition) is 1. The molecule has 2 rings (SSSR count). The lowest BCUT2D eigenvalue weighted by Crippen LogP contribution is -2.38. The lowest BCUT2D eigenvalue weighted by atomic mass is 10.1. The minimum atomic E-state index is -0.478. The highest BCUT2D eigenvalue weighted by molar-refractivity contribution is 9.10. The van der Waals surface area contributed by atoms with Gasteiger partial charge in [-0.15, -0.1) is 0 Å². The molecule has 1 aliphatic rings. The molecule has 104 valence electrons. The molecule has 1 aromatic carbocycles. The van der Waals surface area contributed by atoms with Crippen LogP contribution in [0.2, 0.25) is 0 Å². The molecule has 2 atom stereocenters. The maximum atomic E-state index is 13.5. The number of carbonyl (C=O) groups excluding carboxylic acids is 1. The number of amides is 1. The summed E-state index contributed by atoms with van der Waals surface area (Å²) in [7, 11) is 1.58. The summed E-state index contributed by atoms with van der Waals surface area (Å²) in [5.41, 5.74) is 0.274. The predicted octanol–water partition coefficient (Wildman–Crippen LogP) is 1.81. The van der Waals surface area contributed by atoms with Gasteiger partial charge in [0.1, 0.15) is 5.82 Å². The van der Waals surface area contributed by atoms with Crippen LogP contribution in [-0.4, -0.2) is 48.3 Å². The fourth-order valence-electron chi connectivity index (χ4n) is 2.26. The van der Waals surface area contributed by atoms with Gasteiger partial charge in [0.05, 0.1) is 23.2 Å². The molecule has 6 heteroatoms. The molecule has 1 aliphatic heterocycles. The average Bonchev–Trinajstić information content (AvgIpc) is 2.84. The molecule has 1 amide bonds. The number of halogens is 2. The van der Waals surface area contributed by atoms with Gasteiger partial charge in [0.25, 0.3) is 5.91 Å². The molecule has 0 bridgehead atoms. The van der Waals surface area contributed by atoms with Crippen LogP contribution in [0.3, 0.4) is 0 Å². The van der Waals surface area contributed by atoms with E-state index >= 15 is 0 Å². The van der Waals surface area contributed by atoms with Gasteiger partial charge >= 0.3 is 0 Å². The molecule has 0 aliphatic carbocycles. The lowest BCUT2D eigenvalue weighted by molar-refractivity contribution is 0.0647. The second-order valence-electron chi connectivity index (χ2n) is 4.52. The van der Waals surface area contributed by atoms with Crippen LogP contribution in [0.25, 0.3) is 0 Å². The smallest absolute Gasteiger partial charge is 0.254 e. The van der Waals surface area contributed by atoms with Crippen molar-refractivity contribution in [3.63, 3.8) is 0 Å². The van der Waals surface area contributed by atoms with Gasteiger partial charge in [-0.25, -0.2) is 4.39 Å². The number of nitrogens with zero attached hydrogens (tertiary/aromatic N) is 1. The van der Waals surface area contributed by atoms with Crippen LogP contribution in [0.4, 0.5) is 4.39 Å². The Morgan fingerprint density at radius 3 is 2.95 bits per heavy atom. The summed E-state index contributed by atoms with van der Waals surface area (Å²) in [6.45, 7) is 0.294. The summed E-state index contributed by atoms with van der Waals surface area (Å²) >= 11 is 3.05. The Kier molecular flexibility index (Phi) is 4.54. The Bertz CT molecular complexity index is 483. The first-order valence-electron chi connectivity index (χ1n) is 5.96. The summed E-state index contributed by atoms with van der Waals surface area (Å²) in [6.07, 6.45) is 0.513.